The molecule has 2 rings (SSSR count). The summed E-state index contributed by atoms with van der Waals surface area (Å²) in [4.78, 5) is 11.2. The van der Waals surface area contributed by atoms with Crippen molar-refractivity contribution < 1.29 is 9.90 Å². The highest BCUT2D eigenvalue weighted by Crippen LogP contribution is 2.08. The van der Waals surface area contributed by atoms with Gasteiger partial charge >= 0.3 is 5.97 Å². The third-order valence-electron chi connectivity index (χ3n) is 3.12. The van der Waals surface area contributed by atoms with Crippen molar-refractivity contribution in [3.8, 4) is 5.69 Å². The molecule has 1 aromatic carbocycles. The van der Waals surface area contributed by atoms with Gasteiger partial charge in [0, 0.05) is 18.3 Å². The molecule has 6 heteroatoms. The number of carbonyl (C=O) groups is 1. The Morgan fingerprint density at radius 2 is 2.19 bits per heavy atom. The van der Waals surface area contributed by atoms with Crippen LogP contribution in [0.15, 0.2) is 42.7 Å². The van der Waals surface area contributed by atoms with Crippen molar-refractivity contribution in [3.05, 3.63) is 48.3 Å². The summed E-state index contributed by atoms with van der Waals surface area (Å²) in [6.45, 7) is 0.498. The van der Waals surface area contributed by atoms with E-state index in [1.807, 2.05) is 42.8 Å². The Labute approximate surface area is 128 Å². The number of aromatic nitrogens is 2. The number of carboxylic acids is 1. The maximum atomic E-state index is 11.2. The van der Waals surface area contributed by atoms with Crippen molar-refractivity contribution in [1.29, 1.82) is 0 Å². The minimum absolute atomic E-state index is 0.498. The highest BCUT2D eigenvalue weighted by Gasteiger charge is 2.16. The van der Waals surface area contributed by atoms with Crippen molar-refractivity contribution in [2.45, 2.75) is 19.0 Å². The summed E-state index contributed by atoms with van der Waals surface area (Å²) in [5.74, 6) is 0.0206. The highest BCUT2D eigenvalue weighted by atomic mass is 32.2. The van der Waals surface area contributed by atoms with E-state index in [1.54, 1.807) is 22.6 Å². The quantitative estimate of drug-likeness (QED) is 0.782. The van der Waals surface area contributed by atoms with Crippen LogP contribution in [0.25, 0.3) is 5.69 Å². The molecule has 0 spiro atoms. The number of benzene rings is 1. The zero-order valence-corrected chi connectivity index (χ0v) is 12.7. The summed E-state index contributed by atoms with van der Waals surface area (Å²) >= 11 is 1.65. The molecule has 1 atom stereocenters. The van der Waals surface area contributed by atoms with E-state index < -0.39 is 12.0 Å². The van der Waals surface area contributed by atoms with Gasteiger partial charge in [0.15, 0.2) is 0 Å². The molecule has 5 nitrogen and oxygen atoms in total. The second kappa shape index (κ2) is 7.85. The first-order valence-electron chi connectivity index (χ1n) is 6.75. The van der Waals surface area contributed by atoms with Crippen LogP contribution in [0.5, 0.6) is 0 Å². The maximum Gasteiger partial charge on any atom is 0.320 e. The van der Waals surface area contributed by atoms with Crippen molar-refractivity contribution in [3.63, 3.8) is 0 Å². The van der Waals surface area contributed by atoms with E-state index in [2.05, 4.69) is 10.4 Å². The average Bonchev–Trinajstić information content (AvgIpc) is 2.97. The van der Waals surface area contributed by atoms with E-state index in [4.69, 9.17) is 5.11 Å². The second-order valence-electron chi connectivity index (χ2n) is 4.68. The van der Waals surface area contributed by atoms with Gasteiger partial charge in [-0.25, -0.2) is 4.68 Å². The molecule has 0 radical (unpaired) electrons. The van der Waals surface area contributed by atoms with Gasteiger partial charge in [0.2, 0.25) is 0 Å². The number of hydrogen-bond donors (Lipinski definition) is 2. The normalized spacial score (nSPS) is 12.2. The molecule has 0 amide bonds. The summed E-state index contributed by atoms with van der Waals surface area (Å²) in [5.41, 5.74) is 1.95. The van der Waals surface area contributed by atoms with Crippen LogP contribution in [-0.2, 0) is 11.3 Å². The van der Waals surface area contributed by atoms with Gasteiger partial charge in [-0.1, -0.05) is 18.2 Å². The van der Waals surface area contributed by atoms with Crippen LogP contribution >= 0.6 is 11.8 Å². The third-order valence-corrected chi connectivity index (χ3v) is 3.76. The molecular weight excluding hydrogens is 286 g/mol. The van der Waals surface area contributed by atoms with Crippen LogP contribution in [0.2, 0.25) is 0 Å². The molecule has 0 aliphatic carbocycles. The summed E-state index contributed by atoms with van der Waals surface area (Å²) in [5, 5.41) is 16.5. The Balaban J connectivity index is 1.94. The molecule has 21 heavy (non-hydrogen) atoms. The molecule has 0 saturated heterocycles. The Morgan fingerprint density at radius 3 is 2.86 bits per heavy atom. The molecule has 2 N–H and O–H groups in total. The van der Waals surface area contributed by atoms with Gasteiger partial charge in [0.05, 0.1) is 11.9 Å². The first kappa shape index (κ1) is 15.6. The monoisotopic (exact) mass is 305 g/mol. The van der Waals surface area contributed by atoms with Crippen LogP contribution in [-0.4, -0.2) is 38.9 Å². The summed E-state index contributed by atoms with van der Waals surface area (Å²) in [6.07, 6.45) is 6.26. The first-order chi connectivity index (χ1) is 10.2. The fourth-order valence-corrected chi connectivity index (χ4v) is 2.43. The number of nitrogens with zero attached hydrogens (tertiary/aromatic N) is 2. The van der Waals surface area contributed by atoms with Crippen LogP contribution in [0.3, 0.4) is 0 Å². The van der Waals surface area contributed by atoms with Crippen molar-refractivity contribution >= 4 is 17.7 Å². The fourth-order valence-electron chi connectivity index (χ4n) is 1.96. The Hall–Kier alpha value is -1.79. The molecule has 0 fully saturated rings. The van der Waals surface area contributed by atoms with E-state index in [0.29, 0.717) is 13.0 Å². The number of thioether (sulfide) groups is 1. The minimum Gasteiger partial charge on any atom is -0.480 e. The topological polar surface area (TPSA) is 67.2 Å². The van der Waals surface area contributed by atoms with E-state index in [-0.39, 0.29) is 0 Å². The minimum atomic E-state index is -0.806. The van der Waals surface area contributed by atoms with E-state index in [9.17, 15) is 4.79 Å². The van der Waals surface area contributed by atoms with Gasteiger partial charge in [-0.05, 0) is 30.6 Å². The van der Waals surface area contributed by atoms with E-state index in [1.165, 1.54) is 0 Å². The molecule has 2 aromatic rings. The lowest BCUT2D eigenvalue weighted by Crippen LogP contribution is -2.36. The van der Waals surface area contributed by atoms with Crippen LogP contribution in [0.1, 0.15) is 12.0 Å². The maximum absolute atomic E-state index is 11.2. The van der Waals surface area contributed by atoms with Crippen molar-refractivity contribution in [1.82, 2.24) is 15.1 Å². The van der Waals surface area contributed by atoms with E-state index >= 15 is 0 Å². The summed E-state index contributed by atoms with van der Waals surface area (Å²) < 4.78 is 1.79. The lowest BCUT2D eigenvalue weighted by Gasteiger charge is -2.12. The lowest BCUT2D eigenvalue weighted by molar-refractivity contribution is -0.139. The zero-order chi connectivity index (χ0) is 15.1. The Morgan fingerprint density at radius 1 is 1.43 bits per heavy atom. The number of rotatable bonds is 8. The molecular formula is C15H19N3O2S. The van der Waals surface area contributed by atoms with Gasteiger partial charge in [0.1, 0.15) is 6.04 Å². The molecule has 0 bridgehead atoms. The first-order valence-corrected chi connectivity index (χ1v) is 8.14. The molecule has 1 heterocycles. The van der Waals surface area contributed by atoms with Gasteiger partial charge < -0.3 is 10.4 Å². The van der Waals surface area contributed by atoms with Crippen LogP contribution < -0.4 is 5.32 Å². The molecule has 0 saturated carbocycles. The van der Waals surface area contributed by atoms with Crippen LogP contribution in [0, 0.1) is 0 Å². The van der Waals surface area contributed by atoms with Crippen molar-refractivity contribution in [2.75, 3.05) is 12.0 Å². The Bertz CT molecular complexity index is 571. The standard InChI is InChI=1S/C15H19N3O2S/c1-21-8-7-14(15(19)20)16-9-12-10-17-18(11-12)13-5-3-2-4-6-13/h2-6,10-11,14,16H,7-9H2,1H3,(H,19,20). The van der Waals surface area contributed by atoms with Gasteiger partial charge in [-0.15, -0.1) is 0 Å². The number of para-hydroxylation sites is 1. The molecule has 0 aliphatic rings. The summed E-state index contributed by atoms with van der Waals surface area (Å²) in [6, 6.07) is 9.30. The lowest BCUT2D eigenvalue weighted by atomic mass is 10.2. The smallest absolute Gasteiger partial charge is 0.320 e. The predicted octanol–water partition coefficient (Wildman–Crippen LogP) is 2.17. The van der Waals surface area contributed by atoms with Gasteiger partial charge in [0.25, 0.3) is 0 Å². The van der Waals surface area contributed by atoms with E-state index in [0.717, 1.165) is 17.0 Å². The predicted molar refractivity (Wildman–Crippen MR) is 84.8 cm³/mol. The highest BCUT2D eigenvalue weighted by molar-refractivity contribution is 7.98. The number of aliphatic carboxylic acids is 1. The number of hydrogen-bond acceptors (Lipinski definition) is 4. The second-order valence-corrected chi connectivity index (χ2v) is 5.67. The van der Waals surface area contributed by atoms with Crippen LogP contribution in [0.4, 0.5) is 0 Å². The summed E-state index contributed by atoms with van der Waals surface area (Å²) in [7, 11) is 0. The molecule has 112 valence electrons. The van der Waals surface area contributed by atoms with Gasteiger partial charge in [-0.2, -0.15) is 16.9 Å². The fraction of sp³-hybridized carbons (Fsp3) is 0.333. The largest absolute Gasteiger partial charge is 0.480 e. The van der Waals surface area contributed by atoms with Gasteiger partial charge in [-0.3, -0.25) is 4.79 Å². The third kappa shape index (κ3) is 4.61. The number of nitrogens with one attached hydrogen (secondary N) is 1. The SMILES string of the molecule is CSCCC(NCc1cnn(-c2ccccc2)c1)C(=O)O. The number of carboxylic acid groups (broad SMARTS) is 1. The zero-order valence-electron chi connectivity index (χ0n) is 11.9. The molecule has 1 unspecified atom stereocenters. The molecule has 0 aliphatic heterocycles. The van der Waals surface area contributed by atoms with Crippen molar-refractivity contribution in [2.24, 2.45) is 0 Å². The Kier molecular flexibility index (Phi) is 5.83. The molecule has 1 aromatic heterocycles. The average molecular weight is 305 g/mol.